The minimum absolute atomic E-state index is 0.297. The van der Waals surface area contributed by atoms with Gasteiger partial charge in [0.2, 0.25) is 0 Å². The van der Waals surface area contributed by atoms with E-state index in [1.165, 1.54) is 13.2 Å². The summed E-state index contributed by atoms with van der Waals surface area (Å²) in [6, 6.07) is 3.75. The van der Waals surface area contributed by atoms with Gasteiger partial charge in [0.1, 0.15) is 11.9 Å². The number of hydrogen-bond donors (Lipinski definition) is 0. The van der Waals surface area contributed by atoms with E-state index in [4.69, 9.17) is 0 Å². The van der Waals surface area contributed by atoms with Crippen molar-refractivity contribution in [2.24, 2.45) is 0 Å². The van der Waals surface area contributed by atoms with Gasteiger partial charge in [0.15, 0.2) is 0 Å². The summed E-state index contributed by atoms with van der Waals surface area (Å²) in [6.45, 7) is 0. The van der Waals surface area contributed by atoms with Crippen molar-refractivity contribution >= 4 is 21.9 Å². The summed E-state index contributed by atoms with van der Waals surface area (Å²) < 4.78 is 19.0. The number of carbonyl (C=O) groups excluding carboxylic acids is 1. The number of methoxy groups -OCH3 is 1. The van der Waals surface area contributed by atoms with Gasteiger partial charge in [-0.05, 0) is 32.3 Å². The largest absolute Gasteiger partial charge is 0.468 e. The summed E-state index contributed by atoms with van der Waals surface area (Å²) in [5.41, 5.74) is 0.297. The maximum atomic E-state index is 13.6. The zero-order valence-electron chi connectivity index (χ0n) is 9.33. The molecular formula is C11H13BrFNO2. The van der Waals surface area contributed by atoms with E-state index in [1.54, 1.807) is 31.1 Å². The van der Waals surface area contributed by atoms with Gasteiger partial charge < -0.3 is 4.74 Å². The van der Waals surface area contributed by atoms with Crippen LogP contribution in [0.1, 0.15) is 11.6 Å². The number of halogens is 2. The highest BCUT2D eigenvalue weighted by atomic mass is 79.9. The Hall–Kier alpha value is -0.940. The summed E-state index contributed by atoms with van der Waals surface area (Å²) in [7, 11) is 4.68. The number of carbonyl (C=O) groups is 1. The van der Waals surface area contributed by atoms with E-state index in [0.717, 1.165) is 4.47 Å². The number of likely N-dealkylation sites (N-methyl/N-ethyl adjacent to an activating group) is 1. The van der Waals surface area contributed by atoms with E-state index < -0.39 is 17.8 Å². The molecule has 1 aromatic rings. The molecule has 0 aromatic heterocycles. The molecule has 0 fully saturated rings. The molecule has 1 rings (SSSR count). The lowest BCUT2D eigenvalue weighted by atomic mass is 10.1. The molecule has 16 heavy (non-hydrogen) atoms. The van der Waals surface area contributed by atoms with Crippen LogP contribution < -0.4 is 0 Å². The molecular weight excluding hydrogens is 277 g/mol. The fraction of sp³-hybridized carbons (Fsp3) is 0.364. The van der Waals surface area contributed by atoms with Crippen LogP contribution in [0.5, 0.6) is 0 Å². The van der Waals surface area contributed by atoms with Crippen molar-refractivity contribution in [3.05, 3.63) is 34.1 Å². The van der Waals surface area contributed by atoms with Crippen LogP contribution >= 0.6 is 15.9 Å². The Bertz CT molecular complexity index is 396. The highest BCUT2D eigenvalue weighted by molar-refractivity contribution is 9.10. The van der Waals surface area contributed by atoms with Gasteiger partial charge in [-0.25, -0.2) is 9.18 Å². The molecule has 0 amide bonds. The van der Waals surface area contributed by atoms with Crippen molar-refractivity contribution in [2.75, 3.05) is 21.2 Å². The lowest BCUT2D eigenvalue weighted by Gasteiger charge is -2.22. The molecule has 0 heterocycles. The summed E-state index contributed by atoms with van der Waals surface area (Å²) in [5, 5.41) is 0. The summed E-state index contributed by atoms with van der Waals surface area (Å²) in [4.78, 5) is 13.2. The maximum Gasteiger partial charge on any atom is 0.327 e. The second-order valence-corrected chi connectivity index (χ2v) is 4.47. The summed E-state index contributed by atoms with van der Waals surface area (Å²) in [5.74, 6) is -0.908. The van der Waals surface area contributed by atoms with Crippen molar-refractivity contribution in [2.45, 2.75) is 6.04 Å². The topological polar surface area (TPSA) is 29.5 Å². The van der Waals surface area contributed by atoms with E-state index in [2.05, 4.69) is 20.7 Å². The fourth-order valence-corrected chi connectivity index (χ4v) is 1.83. The van der Waals surface area contributed by atoms with E-state index in [0.29, 0.717) is 5.56 Å². The van der Waals surface area contributed by atoms with Crippen LogP contribution in [-0.2, 0) is 9.53 Å². The highest BCUT2D eigenvalue weighted by Crippen LogP contribution is 2.25. The quantitative estimate of drug-likeness (QED) is 0.800. The molecule has 1 aromatic carbocycles. The Kier molecular flexibility index (Phi) is 4.44. The van der Waals surface area contributed by atoms with Gasteiger partial charge in [-0.2, -0.15) is 0 Å². The summed E-state index contributed by atoms with van der Waals surface area (Å²) >= 11 is 3.25. The van der Waals surface area contributed by atoms with Crippen molar-refractivity contribution in [1.29, 1.82) is 0 Å². The lowest BCUT2D eigenvalue weighted by molar-refractivity contribution is -0.146. The number of esters is 1. The number of nitrogens with zero attached hydrogens (tertiary/aromatic N) is 1. The smallest absolute Gasteiger partial charge is 0.327 e. The maximum absolute atomic E-state index is 13.6. The number of benzene rings is 1. The van der Waals surface area contributed by atoms with E-state index in [1.807, 2.05) is 0 Å². The van der Waals surface area contributed by atoms with E-state index >= 15 is 0 Å². The Morgan fingerprint density at radius 3 is 2.62 bits per heavy atom. The molecule has 3 nitrogen and oxygen atoms in total. The third kappa shape index (κ3) is 2.80. The lowest BCUT2D eigenvalue weighted by Crippen LogP contribution is -2.29. The van der Waals surface area contributed by atoms with Gasteiger partial charge in [0, 0.05) is 10.0 Å². The van der Waals surface area contributed by atoms with Crippen LogP contribution in [-0.4, -0.2) is 32.1 Å². The zero-order chi connectivity index (χ0) is 12.3. The zero-order valence-corrected chi connectivity index (χ0v) is 10.9. The normalized spacial score (nSPS) is 12.6. The van der Waals surface area contributed by atoms with Crippen molar-refractivity contribution < 1.29 is 13.9 Å². The van der Waals surface area contributed by atoms with Gasteiger partial charge in [-0.1, -0.05) is 15.9 Å². The van der Waals surface area contributed by atoms with Crippen LogP contribution in [0.2, 0.25) is 0 Å². The fourth-order valence-electron chi connectivity index (χ4n) is 1.45. The minimum Gasteiger partial charge on any atom is -0.468 e. The number of rotatable bonds is 3. The molecule has 5 heteroatoms. The van der Waals surface area contributed by atoms with Crippen LogP contribution in [0.3, 0.4) is 0 Å². The van der Waals surface area contributed by atoms with Gasteiger partial charge in [0.05, 0.1) is 7.11 Å². The Labute approximate surface area is 102 Å². The van der Waals surface area contributed by atoms with Gasteiger partial charge in [-0.3, -0.25) is 4.90 Å². The average molecular weight is 290 g/mol. The standard InChI is InChI=1S/C11H13BrFNO2/c1-14(2)10(11(15)16-3)8-6-7(12)4-5-9(8)13/h4-6,10H,1-3H3. The molecule has 1 atom stereocenters. The molecule has 0 spiro atoms. The first-order chi connectivity index (χ1) is 7.47. The monoisotopic (exact) mass is 289 g/mol. The van der Waals surface area contributed by atoms with E-state index in [-0.39, 0.29) is 0 Å². The van der Waals surface area contributed by atoms with Crippen molar-refractivity contribution in [3.63, 3.8) is 0 Å². The third-order valence-corrected chi connectivity index (χ3v) is 2.69. The molecule has 0 aliphatic rings. The Balaban J connectivity index is 3.20. The van der Waals surface area contributed by atoms with Crippen LogP contribution in [0.25, 0.3) is 0 Å². The Morgan fingerprint density at radius 2 is 2.12 bits per heavy atom. The van der Waals surface area contributed by atoms with Crippen molar-refractivity contribution in [3.8, 4) is 0 Å². The minimum atomic E-state index is -0.734. The third-order valence-electron chi connectivity index (χ3n) is 2.19. The average Bonchev–Trinajstić information content (AvgIpc) is 2.22. The summed E-state index contributed by atoms with van der Waals surface area (Å²) in [6.07, 6.45) is 0. The van der Waals surface area contributed by atoms with Gasteiger partial charge in [0.25, 0.3) is 0 Å². The molecule has 0 radical (unpaired) electrons. The van der Waals surface area contributed by atoms with E-state index in [9.17, 15) is 9.18 Å². The first-order valence-corrected chi connectivity index (χ1v) is 5.46. The molecule has 0 aliphatic carbocycles. The Morgan fingerprint density at radius 1 is 1.50 bits per heavy atom. The second kappa shape index (κ2) is 5.41. The number of ether oxygens (including phenoxy) is 1. The van der Waals surface area contributed by atoms with Gasteiger partial charge >= 0.3 is 5.97 Å². The number of hydrogen-bond acceptors (Lipinski definition) is 3. The predicted octanol–water partition coefficient (Wildman–Crippen LogP) is 2.36. The van der Waals surface area contributed by atoms with Crippen LogP contribution in [0, 0.1) is 5.82 Å². The van der Waals surface area contributed by atoms with Crippen LogP contribution in [0.4, 0.5) is 4.39 Å². The molecule has 0 aliphatic heterocycles. The molecule has 0 N–H and O–H groups in total. The SMILES string of the molecule is COC(=O)C(c1cc(Br)ccc1F)N(C)C. The predicted molar refractivity (Wildman–Crippen MR) is 62.5 cm³/mol. The van der Waals surface area contributed by atoms with Crippen LogP contribution in [0.15, 0.2) is 22.7 Å². The molecule has 0 saturated heterocycles. The highest BCUT2D eigenvalue weighted by Gasteiger charge is 2.26. The molecule has 0 saturated carbocycles. The first-order valence-electron chi connectivity index (χ1n) is 4.66. The first kappa shape index (κ1) is 13.1. The van der Waals surface area contributed by atoms with Crippen molar-refractivity contribution in [1.82, 2.24) is 4.90 Å². The second-order valence-electron chi connectivity index (χ2n) is 3.56. The van der Waals surface area contributed by atoms with Gasteiger partial charge in [-0.15, -0.1) is 0 Å². The molecule has 0 bridgehead atoms. The molecule has 1 unspecified atom stereocenters. The molecule has 88 valence electrons.